The van der Waals surface area contributed by atoms with Crippen LogP contribution in [0.1, 0.15) is 0 Å². The van der Waals surface area contributed by atoms with Gasteiger partial charge in [-0.1, -0.05) is 0 Å². The van der Waals surface area contributed by atoms with Crippen molar-refractivity contribution in [1.82, 2.24) is 0 Å². The highest BCUT2D eigenvalue weighted by molar-refractivity contribution is 7.62. The first-order valence-electron chi connectivity index (χ1n) is 3.60. The van der Waals surface area contributed by atoms with Crippen molar-refractivity contribution in [3.8, 4) is 0 Å². The molecule has 0 fully saturated rings. The summed E-state index contributed by atoms with van der Waals surface area (Å²) in [5.41, 5.74) is 0. The highest BCUT2D eigenvalue weighted by Crippen LogP contribution is 2.44. The molecule has 13 heavy (non-hydrogen) atoms. The molecule has 0 amide bonds. The maximum atomic E-state index is 12.5. The van der Waals surface area contributed by atoms with Gasteiger partial charge in [-0.25, -0.2) is 4.39 Å². The van der Waals surface area contributed by atoms with Gasteiger partial charge in [0, 0.05) is 14.2 Å². The van der Waals surface area contributed by atoms with Crippen LogP contribution in [0.25, 0.3) is 0 Å². The summed E-state index contributed by atoms with van der Waals surface area (Å²) in [5.74, 6) is -0.387. The van der Waals surface area contributed by atoms with E-state index in [1.165, 1.54) is 38.5 Å². The van der Waals surface area contributed by atoms with Gasteiger partial charge in [-0.2, -0.15) is 0 Å². The molecule has 0 aliphatic rings. The molecule has 0 saturated carbocycles. The second-order valence-electron chi connectivity index (χ2n) is 2.34. The van der Waals surface area contributed by atoms with Gasteiger partial charge in [0.05, 0.1) is 5.30 Å². The van der Waals surface area contributed by atoms with Gasteiger partial charge in [-0.05, 0) is 24.3 Å². The largest absolute Gasteiger partial charge is 0.360 e. The summed E-state index contributed by atoms with van der Waals surface area (Å²) >= 11 is 0. The third kappa shape index (κ3) is 2.15. The Balaban J connectivity index is 3.07. The summed E-state index contributed by atoms with van der Waals surface area (Å²) in [4.78, 5) is 0. The number of hydrogen-bond acceptors (Lipinski definition) is 3. The molecule has 0 bridgehead atoms. The van der Waals surface area contributed by atoms with E-state index in [0.29, 0.717) is 5.30 Å². The highest BCUT2D eigenvalue weighted by Gasteiger charge is 2.23. The lowest BCUT2D eigenvalue weighted by Crippen LogP contribution is -2.07. The van der Waals surface area contributed by atoms with Crippen LogP contribution in [0.4, 0.5) is 4.39 Å². The average Bonchev–Trinajstić information content (AvgIpc) is 2.18. The molecule has 1 aromatic carbocycles. The molecular formula is C8H10FO3P. The molecule has 1 aromatic rings. The van der Waals surface area contributed by atoms with Gasteiger partial charge in [-0.15, -0.1) is 0 Å². The van der Waals surface area contributed by atoms with Crippen molar-refractivity contribution < 1.29 is 18.0 Å². The second-order valence-corrected chi connectivity index (χ2v) is 4.58. The van der Waals surface area contributed by atoms with Crippen molar-refractivity contribution in [2.24, 2.45) is 0 Å². The van der Waals surface area contributed by atoms with Crippen LogP contribution in [-0.2, 0) is 13.6 Å². The fraction of sp³-hybridized carbons (Fsp3) is 0.250. The zero-order chi connectivity index (χ0) is 9.90. The summed E-state index contributed by atoms with van der Waals surface area (Å²) in [6.45, 7) is 0. The van der Waals surface area contributed by atoms with Crippen LogP contribution in [-0.4, -0.2) is 14.2 Å². The standard InChI is InChI=1S/C8H10FO3P/c1-11-13(10,12-2)8-5-3-7(9)4-6-8/h3-6H,1-2H3. The molecule has 0 atom stereocenters. The predicted molar refractivity (Wildman–Crippen MR) is 47.7 cm³/mol. The topological polar surface area (TPSA) is 35.5 Å². The van der Waals surface area contributed by atoms with E-state index in [1.54, 1.807) is 0 Å². The average molecular weight is 204 g/mol. The third-order valence-corrected chi connectivity index (χ3v) is 3.52. The van der Waals surface area contributed by atoms with E-state index in [1.807, 2.05) is 0 Å². The van der Waals surface area contributed by atoms with Gasteiger partial charge in [0.1, 0.15) is 5.82 Å². The molecule has 72 valence electrons. The lowest BCUT2D eigenvalue weighted by atomic mass is 10.4. The molecule has 0 heterocycles. The minimum absolute atomic E-state index is 0.346. The Hall–Kier alpha value is -0.700. The van der Waals surface area contributed by atoms with Crippen LogP contribution in [0.3, 0.4) is 0 Å². The Morgan fingerprint density at radius 2 is 1.62 bits per heavy atom. The third-order valence-electron chi connectivity index (χ3n) is 1.62. The van der Waals surface area contributed by atoms with Gasteiger partial charge in [0.2, 0.25) is 0 Å². The Morgan fingerprint density at radius 1 is 1.15 bits per heavy atom. The van der Waals surface area contributed by atoms with Gasteiger partial charge in [0.25, 0.3) is 0 Å². The fourth-order valence-corrected chi connectivity index (χ4v) is 1.99. The van der Waals surface area contributed by atoms with Gasteiger partial charge in [0.15, 0.2) is 0 Å². The van der Waals surface area contributed by atoms with E-state index in [2.05, 4.69) is 0 Å². The SMILES string of the molecule is COP(=O)(OC)c1ccc(F)cc1. The lowest BCUT2D eigenvalue weighted by Gasteiger charge is -2.12. The molecule has 0 radical (unpaired) electrons. The molecule has 1 rings (SSSR count). The Labute approximate surface area is 76.0 Å². The van der Waals surface area contributed by atoms with Crippen molar-refractivity contribution >= 4 is 12.9 Å². The number of hydrogen-bond donors (Lipinski definition) is 0. The van der Waals surface area contributed by atoms with E-state index >= 15 is 0 Å². The first-order chi connectivity index (χ1) is 6.12. The monoisotopic (exact) mass is 204 g/mol. The second kappa shape index (κ2) is 4.01. The number of benzene rings is 1. The molecule has 5 heteroatoms. The summed E-state index contributed by atoms with van der Waals surface area (Å²) in [6.07, 6.45) is 0. The molecule has 0 aliphatic carbocycles. The summed E-state index contributed by atoms with van der Waals surface area (Å²) in [5, 5.41) is 0.346. The molecule has 0 N–H and O–H groups in total. The van der Waals surface area contributed by atoms with Gasteiger partial charge in [-0.3, -0.25) is 4.57 Å². The molecule has 3 nitrogen and oxygen atoms in total. The lowest BCUT2D eigenvalue weighted by molar-refractivity contribution is 0.287. The van der Waals surface area contributed by atoms with Gasteiger partial charge >= 0.3 is 7.60 Å². The van der Waals surface area contributed by atoms with E-state index < -0.39 is 7.60 Å². The van der Waals surface area contributed by atoms with Crippen LogP contribution in [0.15, 0.2) is 24.3 Å². The van der Waals surface area contributed by atoms with Crippen molar-refractivity contribution in [1.29, 1.82) is 0 Å². The van der Waals surface area contributed by atoms with Crippen LogP contribution in [0.5, 0.6) is 0 Å². The van der Waals surface area contributed by atoms with Crippen molar-refractivity contribution in [2.75, 3.05) is 14.2 Å². The van der Waals surface area contributed by atoms with Crippen LogP contribution < -0.4 is 5.30 Å². The Bertz CT molecular complexity index is 315. The summed E-state index contributed by atoms with van der Waals surface area (Å²) in [7, 11) is -0.649. The Kier molecular flexibility index (Phi) is 3.20. The maximum Gasteiger partial charge on any atom is 0.360 e. The zero-order valence-corrected chi connectivity index (χ0v) is 8.25. The zero-order valence-electron chi connectivity index (χ0n) is 7.36. The molecule has 0 unspecified atom stereocenters. The number of halogens is 1. The number of rotatable bonds is 3. The normalized spacial score (nSPS) is 11.6. The quantitative estimate of drug-likeness (QED) is 0.706. The van der Waals surface area contributed by atoms with E-state index in [-0.39, 0.29) is 5.82 Å². The minimum atomic E-state index is -3.22. The summed E-state index contributed by atoms with van der Waals surface area (Å²) in [6, 6.07) is 5.17. The molecule has 0 saturated heterocycles. The van der Waals surface area contributed by atoms with Crippen molar-refractivity contribution in [3.05, 3.63) is 30.1 Å². The molecule has 0 spiro atoms. The molecule has 0 aliphatic heterocycles. The smallest absolute Gasteiger partial charge is 0.309 e. The summed E-state index contributed by atoms with van der Waals surface area (Å²) < 4.78 is 33.7. The van der Waals surface area contributed by atoms with Crippen LogP contribution in [0, 0.1) is 5.82 Å². The molecule has 0 aromatic heterocycles. The highest BCUT2D eigenvalue weighted by atomic mass is 31.2. The van der Waals surface area contributed by atoms with E-state index in [9.17, 15) is 8.96 Å². The maximum absolute atomic E-state index is 12.5. The van der Waals surface area contributed by atoms with Gasteiger partial charge < -0.3 is 9.05 Å². The minimum Gasteiger partial charge on any atom is -0.309 e. The predicted octanol–water partition coefficient (Wildman–Crippen LogP) is 1.94. The van der Waals surface area contributed by atoms with Crippen LogP contribution >= 0.6 is 7.60 Å². The van der Waals surface area contributed by atoms with Crippen molar-refractivity contribution in [2.45, 2.75) is 0 Å². The first-order valence-corrected chi connectivity index (χ1v) is 5.14. The van der Waals surface area contributed by atoms with E-state index in [4.69, 9.17) is 9.05 Å². The Morgan fingerprint density at radius 3 is 2.00 bits per heavy atom. The van der Waals surface area contributed by atoms with Crippen molar-refractivity contribution in [3.63, 3.8) is 0 Å². The van der Waals surface area contributed by atoms with E-state index in [0.717, 1.165) is 0 Å². The molecular weight excluding hydrogens is 194 g/mol. The first kappa shape index (κ1) is 10.4. The fourth-order valence-electron chi connectivity index (χ4n) is 0.909. The van der Waals surface area contributed by atoms with Crippen LogP contribution in [0.2, 0.25) is 0 Å².